The molecule has 0 amide bonds. The number of piperazine rings is 1. The number of hydrogen-bond acceptors (Lipinski definition) is 6. The minimum Gasteiger partial charge on any atom is -0.353 e. The molecule has 3 heterocycles. The molecule has 6 nitrogen and oxygen atoms in total. The SMILES string of the molecule is O=S(=O)(c1ccccc1Br)N1CCN(c2ncnc3scc(-c4ccccc4)c23)CC1. The molecule has 9 heteroatoms. The van der Waals surface area contributed by atoms with Crippen molar-refractivity contribution in [2.24, 2.45) is 0 Å². The highest BCUT2D eigenvalue weighted by Crippen LogP contribution is 2.38. The highest BCUT2D eigenvalue weighted by molar-refractivity contribution is 9.10. The number of fused-ring (bicyclic) bond motifs is 1. The van der Waals surface area contributed by atoms with E-state index in [0.29, 0.717) is 35.5 Å². The molecule has 4 aromatic rings. The summed E-state index contributed by atoms with van der Waals surface area (Å²) in [5.41, 5.74) is 2.24. The van der Waals surface area contributed by atoms with E-state index >= 15 is 0 Å². The number of benzene rings is 2. The Labute approximate surface area is 193 Å². The summed E-state index contributed by atoms with van der Waals surface area (Å²) in [5.74, 6) is 0.864. The molecule has 31 heavy (non-hydrogen) atoms. The van der Waals surface area contributed by atoms with Crippen LogP contribution in [0.1, 0.15) is 0 Å². The van der Waals surface area contributed by atoms with Crippen LogP contribution >= 0.6 is 27.3 Å². The standard InChI is InChI=1S/C22H19BrN4O2S2/c23-18-8-4-5-9-19(18)31(28,29)27-12-10-26(11-13-27)21-20-17(16-6-2-1-3-7-16)14-30-22(20)25-15-24-21/h1-9,14-15H,10-13H2. The van der Waals surface area contributed by atoms with Gasteiger partial charge >= 0.3 is 0 Å². The zero-order valence-corrected chi connectivity index (χ0v) is 19.7. The van der Waals surface area contributed by atoms with E-state index in [-0.39, 0.29) is 0 Å². The number of rotatable bonds is 4. The Morgan fingerprint density at radius 2 is 1.61 bits per heavy atom. The third-order valence-corrected chi connectivity index (χ3v) is 9.22. The zero-order chi connectivity index (χ0) is 21.4. The highest BCUT2D eigenvalue weighted by atomic mass is 79.9. The maximum absolute atomic E-state index is 13.1. The van der Waals surface area contributed by atoms with Crippen molar-refractivity contribution in [2.75, 3.05) is 31.1 Å². The van der Waals surface area contributed by atoms with Crippen LogP contribution in [0.25, 0.3) is 21.3 Å². The van der Waals surface area contributed by atoms with Gasteiger partial charge in [-0.2, -0.15) is 4.31 Å². The Morgan fingerprint density at radius 1 is 0.903 bits per heavy atom. The van der Waals surface area contributed by atoms with Gasteiger partial charge in [-0.1, -0.05) is 42.5 Å². The molecule has 0 N–H and O–H groups in total. The Morgan fingerprint density at radius 3 is 2.35 bits per heavy atom. The first-order chi connectivity index (χ1) is 15.1. The Bertz CT molecular complexity index is 1330. The molecule has 0 atom stereocenters. The van der Waals surface area contributed by atoms with Crippen LogP contribution in [0.2, 0.25) is 0 Å². The molecule has 1 fully saturated rings. The zero-order valence-electron chi connectivity index (χ0n) is 16.5. The Hall–Kier alpha value is -2.33. The van der Waals surface area contributed by atoms with Crippen LogP contribution < -0.4 is 4.90 Å². The molecule has 158 valence electrons. The predicted octanol–water partition coefficient (Wildman–Crippen LogP) is 4.63. The molecule has 0 bridgehead atoms. The fourth-order valence-electron chi connectivity index (χ4n) is 3.86. The van der Waals surface area contributed by atoms with Gasteiger partial charge < -0.3 is 4.90 Å². The number of hydrogen-bond donors (Lipinski definition) is 0. The van der Waals surface area contributed by atoms with Crippen molar-refractivity contribution in [3.05, 3.63) is 70.8 Å². The van der Waals surface area contributed by atoms with Crippen LogP contribution in [-0.2, 0) is 10.0 Å². The van der Waals surface area contributed by atoms with E-state index < -0.39 is 10.0 Å². The Kier molecular flexibility index (Phi) is 5.51. The van der Waals surface area contributed by atoms with Crippen LogP contribution in [0, 0.1) is 0 Å². The molecule has 0 aliphatic carbocycles. The van der Waals surface area contributed by atoms with Gasteiger partial charge in [-0.3, -0.25) is 0 Å². The van der Waals surface area contributed by atoms with Crippen LogP contribution in [0.15, 0.2) is 75.7 Å². The van der Waals surface area contributed by atoms with E-state index in [1.165, 1.54) is 0 Å². The van der Waals surface area contributed by atoms with E-state index in [9.17, 15) is 8.42 Å². The van der Waals surface area contributed by atoms with Gasteiger partial charge in [-0.25, -0.2) is 18.4 Å². The lowest BCUT2D eigenvalue weighted by atomic mass is 10.1. The lowest BCUT2D eigenvalue weighted by molar-refractivity contribution is 0.384. The lowest BCUT2D eigenvalue weighted by Gasteiger charge is -2.35. The molecule has 0 saturated carbocycles. The molecule has 2 aromatic carbocycles. The molecule has 5 rings (SSSR count). The first-order valence-corrected chi connectivity index (χ1v) is 12.9. The smallest absolute Gasteiger partial charge is 0.244 e. The quantitative estimate of drug-likeness (QED) is 0.397. The van der Waals surface area contributed by atoms with Gasteiger partial charge in [0.15, 0.2) is 0 Å². The van der Waals surface area contributed by atoms with Crippen molar-refractivity contribution >= 4 is 53.3 Å². The maximum Gasteiger partial charge on any atom is 0.244 e. The summed E-state index contributed by atoms with van der Waals surface area (Å²) in [6.07, 6.45) is 1.59. The summed E-state index contributed by atoms with van der Waals surface area (Å²) < 4.78 is 28.4. The van der Waals surface area contributed by atoms with Crippen molar-refractivity contribution in [2.45, 2.75) is 4.90 Å². The van der Waals surface area contributed by atoms with Crippen molar-refractivity contribution in [1.82, 2.24) is 14.3 Å². The summed E-state index contributed by atoms with van der Waals surface area (Å²) in [7, 11) is -3.55. The van der Waals surface area contributed by atoms with Gasteiger partial charge in [0.1, 0.15) is 17.0 Å². The average molecular weight is 515 g/mol. The van der Waals surface area contributed by atoms with Gasteiger partial charge in [-0.15, -0.1) is 11.3 Å². The van der Waals surface area contributed by atoms with Crippen LogP contribution in [0.3, 0.4) is 0 Å². The van der Waals surface area contributed by atoms with Gasteiger partial charge in [0.25, 0.3) is 0 Å². The first kappa shape index (κ1) is 20.6. The van der Waals surface area contributed by atoms with Crippen LogP contribution in [-0.4, -0.2) is 48.9 Å². The molecular formula is C22H19BrN4O2S2. The van der Waals surface area contributed by atoms with Crippen molar-refractivity contribution in [3.8, 4) is 11.1 Å². The van der Waals surface area contributed by atoms with Gasteiger partial charge in [0.05, 0.1) is 10.3 Å². The number of thiophene rings is 1. The molecule has 0 spiro atoms. The van der Waals surface area contributed by atoms with Crippen LogP contribution in [0.5, 0.6) is 0 Å². The molecule has 1 aliphatic rings. The lowest BCUT2D eigenvalue weighted by Crippen LogP contribution is -2.49. The van der Waals surface area contributed by atoms with Crippen molar-refractivity contribution in [3.63, 3.8) is 0 Å². The van der Waals surface area contributed by atoms with E-state index in [1.54, 1.807) is 40.2 Å². The summed E-state index contributed by atoms with van der Waals surface area (Å²) in [5, 5.41) is 3.15. The van der Waals surface area contributed by atoms with Crippen molar-refractivity contribution < 1.29 is 8.42 Å². The third kappa shape index (κ3) is 3.76. The summed E-state index contributed by atoms with van der Waals surface area (Å²) in [6, 6.07) is 17.2. The van der Waals surface area contributed by atoms with E-state index in [0.717, 1.165) is 27.2 Å². The van der Waals surface area contributed by atoms with Gasteiger partial charge in [-0.05, 0) is 33.6 Å². The maximum atomic E-state index is 13.1. The fourth-order valence-corrected chi connectivity index (χ4v) is 7.16. The Balaban J connectivity index is 1.44. The summed E-state index contributed by atoms with van der Waals surface area (Å²) in [4.78, 5) is 12.5. The van der Waals surface area contributed by atoms with Gasteiger partial charge in [0, 0.05) is 41.6 Å². The normalized spacial score (nSPS) is 15.5. The van der Waals surface area contributed by atoms with E-state index in [2.05, 4.69) is 48.3 Å². The number of halogens is 1. The summed E-state index contributed by atoms with van der Waals surface area (Å²) in [6.45, 7) is 1.94. The van der Waals surface area contributed by atoms with Crippen LogP contribution in [0.4, 0.5) is 5.82 Å². The molecule has 2 aromatic heterocycles. The molecular weight excluding hydrogens is 496 g/mol. The minimum absolute atomic E-state index is 0.303. The first-order valence-electron chi connectivity index (χ1n) is 9.83. The monoisotopic (exact) mass is 514 g/mol. The van der Waals surface area contributed by atoms with E-state index in [4.69, 9.17) is 0 Å². The number of nitrogens with zero attached hydrogens (tertiary/aromatic N) is 4. The van der Waals surface area contributed by atoms with Crippen molar-refractivity contribution in [1.29, 1.82) is 0 Å². The summed E-state index contributed by atoms with van der Waals surface area (Å²) >= 11 is 4.97. The second-order valence-corrected chi connectivity index (χ2v) is 10.8. The second-order valence-electron chi connectivity index (χ2n) is 7.21. The highest BCUT2D eigenvalue weighted by Gasteiger charge is 2.31. The number of anilines is 1. The molecule has 1 saturated heterocycles. The minimum atomic E-state index is -3.55. The third-order valence-electron chi connectivity index (χ3n) is 5.43. The molecule has 0 radical (unpaired) electrons. The predicted molar refractivity (Wildman–Crippen MR) is 128 cm³/mol. The molecule has 1 aliphatic heterocycles. The fraction of sp³-hybridized carbons (Fsp3) is 0.182. The topological polar surface area (TPSA) is 66.4 Å². The molecule has 0 unspecified atom stereocenters. The largest absolute Gasteiger partial charge is 0.353 e. The van der Waals surface area contributed by atoms with E-state index in [1.807, 2.05) is 24.3 Å². The average Bonchev–Trinajstić information content (AvgIpc) is 3.24. The van der Waals surface area contributed by atoms with Gasteiger partial charge in [0.2, 0.25) is 10.0 Å². The number of aromatic nitrogens is 2. The second kappa shape index (κ2) is 8.31. The number of sulfonamides is 1.